The molecule has 0 aliphatic heterocycles. The summed E-state index contributed by atoms with van der Waals surface area (Å²) in [5, 5.41) is 12.2. The molecule has 0 heterocycles. The summed E-state index contributed by atoms with van der Waals surface area (Å²) in [6.07, 6.45) is 0. The predicted molar refractivity (Wildman–Crippen MR) is 72.2 cm³/mol. The third kappa shape index (κ3) is 3.06. The van der Waals surface area contributed by atoms with E-state index < -0.39 is 11.7 Å². The van der Waals surface area contributed by atoms with Gasteiger partial charge in [-0.3, -0.25) is 4.79 Å². The fourth-order valence-electron chi connectivity index (χ4n) is 1.81. The van der Waals surface area contributed by atoms with Gasteiger partial charge in [0.05, 0.1) is 12.7 Å². The number of methoxy groups -OCH3 is 1. The van der Waals surface area contributed by atoms with E-state index in [1.807, 2.05) is 18.2 Å². The van der Waals surface area contributed by atoms with Crippen LogP contribution in [0.1, 0.15) is 15.9 Å². The van der Waals surface area contributed by atoms with Crippen LogP contribution in [0.15, 0.2) is 42.5 Å². The van der Waals surface area contributed by atoms with Crippen molar-refractivity contribution in [1.29, 1.82) is 0 Å². The summed E-state index contributed by atoms with van der Waals surface area (Å²) in [6.45, 7) is 0.221. The summed E-state index contributed by atoms with van der Waals surface area (Å²) in [5.41, 5.74) is 0.694. The molecule has 0 atom stereocenters. The van der Waals surface area contributed by atoms with Crippen LogP contribution in [0.5, 0.6) is 11.5 Å². The van der Waals surface area contributed by atoms with Gasteiger partial charge in [-0.1, -0.05) is 18.2 Å². The number of phenolic OH excluding ortho intramolecular Hbond substituents is 1. The number of para-hydroxylation sites is 1. The fraction of sp³-hybridized carbons (Fsp3) is 0.133. The van der Waals surface area contributed by atoms with Crippen LogP contribution >= 0.6 is 0 Å². The van der Waals surface area contributed by atoms with E-state index >= 15 is 0 Å². The number of hydrogen-bond donors (Lipinski definition) is 2. The zero-order chi connectivity index (χ0) is 14.5. The Morgan fingerprint density at radius 2 is 2.05 bits per heavy atom. The summed E-state index contributed by atoms with van der Waals surface area (Å²) in [7, 11) is 1.54. The van der Waals surface area contributed by atoms with Crippen molar-refractivity contribution in [1.82, 2.24) is 5.32 Å². The number of halogens is 1. The van der Waals surface area contributed by atoms with Gasteiger partial charge in [0.2, 0.25) is 0 Å². The molecule has 2 rings (SSSR count). The largest absolute Gasteiger partial charge is 0.507 e. The first kappa shape index (κ1) is 13.9. The van der Waals surface area contributed by atoms with Crippen LogP contribution in [0.2, 0.25) is 0 Å². The Labute approximate surface area is 115 Å². The van der Waals surface area contributed by atoms with Crippen LogP contribution in [0.25, 0.3) is 0 Å². The number of ether oxygens (including phenoxy) is 1. The summed E-state index contributed by atoms with van der Waals surface area (Å²) in [4.78, 5) is 11.9. The van der Waals surface area contributed by atoms with Gasteiger partial charge in [0.25, 0.3) is 5.91 Å². The third-order valence-corrected chi connectivity index (χ3v) is 2.84. The molecule has 0 fully saturated rings. The molecule has 0 bridgehead atoms. The Balaban J connectivity index is 2.11. The molecule has 0 radical (unpaired) electrons. The zero-order valence-electron chi connectivity index (χ0n) is 10.9. The quantitative estimate of drug-likeness (QED) is 0.901. The van der Waals surface area contributed by atoms with E-state index in [0.29, 0.717) is 5.75 Å². The fourth-order valence-corrected chi connectivity index (χ4v) is 1.81. The minimum atomic E-state index is -0.578. The van der Waals surface area contributed by atoms with Crippen molar-refractivity contribution in [2.45, 2.75) is 6.54 Å². The summed E-state index contributed by atoms with van der Waals surface area (Å²) >= 11 is 0. The molecule has 0 aliphatic carbocycles. The molecule has 2 N–H and O–H groups in total. The van der Waals surface area contributed by atoms with Gasteiger partial charge in [0.1, 0.15) is 17.3 Å². The van der Waals surface area contributed by atoms with Gasteiger partial charge in [0.15, 0.2) is 0 Å². The van der Waals surface area contributed by atoms with Gasteiger partial charge in [0, 0.05) is 12.1 Å². The number of phenols is 1. The van der Waals surface area contributed by atoms with Crippen LogP contribution in [0, 0.1) is 5.82 Å². The van der Waals surface area contributed by atoms with E-state index in [1.54, 1.807) is 13.2 Å². The van der Waals surface area contributed by atoms with Crippen molar-refractivity contribution in [2.75, 3.05) is 7.11 Å². The number of aromatic hydroxyl groups is 1. The highest BCUT2D eigenvalue weighted by atomic mass is 19.1. The van der Waals surface area contributed by atoms with E-state index in [0.717, 1.165) is 23.8 Å². The molecule has 0 saturated carbocycles. The summed E-state index contributed by atoms with van der Waals surface area (Å²) in [5.74, 6) is -0.738. The number of benzene rings is 2. The van der Waals surface area contributed by atoms with Gasteiger partial charge in [-0.25, -0.2) is 4.39 Å². The normalized spacial score (nSPS) is 10.1. The second kappa shape index (κ2) is 6.06. The van der Waals surface area contributed by atoms with Gasteiger partial charge in [-0.2, -0.15) is 0 Å². The monoisotopic (exact) mass is 275 g/mol. The minimum absolute atomic E-state index is 0.0973. The van der Waals surface area contributed by atoms with E-state index in [4.69, 9.17) is 4.74 Å². The second-order valence-electron chi connectivity index (χ2n) is 4.16. The zero-order valence-corrected chi connectivity index (χ0v) is 10.9. The lowest BCUT2D eigenvalue weighted by molar-refractivity contribution is 0.0947. The highest BCUT2D eigenvalue weighted by Crippen LogP contribution is 2.19. The highest BCUT2D eigenvalue weighted by molar-refractivity contribution is 5.96. The predicted octanol–water partition coefficient (Wildman–Crippen LogP) is 2.47. The first-order valence-corrected chi connectivity index (χ1v) is 6.00. The minimum Gasteiger partial charge on any atom is -0.507 e. The number of hydrogen-bond acceptors (Lipinski definition) is 3. The molecule has 1 amide bonds. The Kier molecular flexibility index (Phi) is 4.20. The van der Waals surface area contributed by atoms with E-state index in [2.05, 4.69) is 5.32 Å². The lowest BCUT2D eigenvalue weighted by atomic mass is 10.1. The van der Waals surface area contributed by atoms with Crippen molar-refractivity contribution in [3.8, 4) is 11.5 Å². The van der Waals surface area contributed by atoms with E-state index in [1.165, 1.54) is 0 Å². The average Bonchev–Trinajstić information content (AvgIpc) is 2.47. The summed E-state index contributed by atoms with van der Waals surface area (Å²) < 4.78 is 18.2. The Bertz CT molecular complexity index is 628. The smallest absolute Gasteiger partial charge is 0.255 e. The van der Waals surface area contributed by atoms with E-state index in [-0.39, 0.29) is 17.9 Å². The molecule has 4 nitrogen and oxygen atoms in total. The molecule has 0 aromatic heterocycles. The summed E-state index contributed by atoms with van der Waals surface area (Å²) in [6, 6.07) is 10.5. The van der Waals surface area contributed by atoms with Crippen molar-refractivity contribution < 1.29 is 19.0 Å². The lowest BCUT2D eigenvalue weighted by Gasteiger charge is -2.10. The maximum absolute atomic E-state index is 13.1. The van der Waals surface area contributed by atoms with Crippen molar-refractivity contribution in [3.05, 3.63) is 59.4 Å². The van der Waals surface area contributed by atoms with Crippen molar-refractivity contribution >= 4 is 5.91 Å². The second-order valence-corrected chi connectivity index (χ2v) is 4.16. The van der Waals surface area contributed by atoms with Gasteiger partial charge in [-0.05, 0) is 24.3 Å². The number of rotatable bonds is 4. The Hall–Kier alpha value is -2.56. The molecular weight excluding hydrogens is 261 g/mol. The molecule has 0 unspecified atom stereocenters. The molecule has 0 saturated heterocycles. The van der Waals surface area contributed by atoms with E-state index in [9.17, 15) is 14.3 Å². The van der Waals surface area contributed by atoms with Crippen molar-refractivity contribution in [2.24, 2.45) is 0 Å². The molecule has 104 valence electrons. The molecular formula is C15H14FNO3. The number of nitrogens with one attached hydrogen (secondary N) is 1. The maximum Gasteiger partial charge on any atom is 0.255 e. The van der Waals surface area contributed by atoms with Crippen LogP contribution < -0.4 is 10.1 Å². The number of carbonyl (C=O) groups is 1. The molecule has 5 heteroatoms. The topological polar surface area (TPSA) is 58.6 Å². The van der Waals surface area contributed by atoms with Crippen LogP contribution in [0.4, 0.5) is 4.39 Å². The average molecular weight is 275 g/mol. The first-order chi connectivity index (χ1) is 9.61. The highest BCUT2D eigenvalue weighted by Gasteiger charge is 2.12. The first-order valence-electron chi connectivity index (χ1n) is 6.00. The lowest BCUT2D eigenvalue weighted by Crippen LogP contribution is -2.23. The van der Waals surface area contributed by atoms with Crippen LogP contribution in [-0.2, 0) is 6.54 Å². The van der Waals surface area contributed by atoms with Crippen LogP contribution in [-0.4, -0.2) is 18.1 Å². The molecule has 20 heavy (non-hydrogen) atoms. The SMILES string of the molecule is COc1ccccc1CNC(=O)c1cc(F)ccc1O. The van der Waals surface area contributed by atoms with Crippen LogP contribution in [0.3, 0.4) is 0 Å². The standard InChI is InChI=1S/C15H14FNO3/c1-20-14-5-3-2-4-10(14)9-17-15(19)12-8-11(16)6-7-13(12)18/h2-8,18H,9H2,1H3,(H,17,19). The number of carbonyl (C=O) groups excluding carboxylic acids is 1. The molecule has 2 aromatic carbocycles. The number of amides is 1. The maximum atomic E-state index is 13.1. The Morgan fingerprint density at radius 1 is 1.30 bits per heavy atom. The van der Waals surface area contributed by atoms with Gasteiger partial charge >= 0.3 is 0 Å². The Morgan fingerprint density at radius 3 is 2.80 bits per heavy atom. The van der Waals surface area contributed by atoms with Crippen molar-refractivity contribution in [3.63, 3.8) is 0 Å². The molecule has 0 spiro atoms. The van der Waals surface area contributed by atoms with Gasteiger partial charge < -0.3 is 15.2 Å². The van der Waals surface area contributed by atoms with Gasteiger partial charge in [-0.15, -0.1) is 0 Å². The third-order valence-electron chi connectivity index (χ3n) is 2.84. The molecule has 2 aromatic rings. The molecule has 0 aliphatic rings.